The van der Waals surface area contributed by atoms with Gasteiger partial charge in [0.05, 0.1) is 8.07 Å². The van der Waals surface area contributed by atoms with Crippen LogP contribution in [-0.4, -0.2) is 8.07 Å². The molecule has 0 bridgehead atoms. The molecule has 0 atom stereocenters. The summed E-state index contributed by atoms with van der Waals surface area (Å²) >= 11 is 0. The second-order valence-electron chi connectivity index (χ2n) is 4.09. The largest absolute Gasteiger partial charge is 0.207 e. The molecule has 0 aliphatic rings. The molecule has 14 heavy (non-hydrogen) atoms. The molecule has 0 N–H and O–H groups in total. The molecule has 0 amide bonds. The summed E-state index contributed by atoms with van der Waals surface area (Å²) in [6.45, 7) is 4.98. The molecule has 0 aromatic heterocycles. The molecule has 0 heterocycles. The molecular weight excluding hydrogens is 212 g/mol. The van der Waals surface area contributed by atoms with Crippen molar-refractivity contribution in [1.82, 2.24) is 0 Å². The fourth-order valence-electron chi connectivity index (χ4n) is 1.25. The van der Waals surface area contributed by atoms with E-state index in [-0.39, 0.29) is 5.19 Å². The van der Waals surface area contributed by atoms with E-state index in [1.165, 1.54) is 0 Å². The van der Waals surface area contributed by atoms with E-state index in [0.29, 0.717) is 6.07 Å². The molecule has 0 spiro atoms. The molecule has 1 aromatic carbocycles. The van der Waals surface area contributed by atoms with Crippen molar-refractivity contribution < 1.29 is 17.6 Å². The second kappa shape index (κ2) is 3.38. The molecule has 0 nitrogen and oxygen atoms in total. The Hall–Kier alpha value is -0.843. The van der Waals surface area contributed by atoms with Gasteiger partial charge in [0.15, 0.2) is 17.5 Å². The van der Waals surface area contributed by atoms with Gasteiger partial charge in [-0.3, -0.25) is 0 Å². The van der Waals surface area contributed by atoms with Crippen LogP contribution < -0.4 is 5.19 Å². The first-order valence-corrected chi connectivity index (χ1v) is 7.58. The average Bonchev–Trinajstić information content (AvgIpc) is 1.97. The highest BCUT2D eigenvalue weighted by Crippen LogP contribution is 2.15. The van der Waals surface area contributed by atoms with Crippen molar-refractivity contribution in [3.63, 3.8) is 0 Å². The lowest BCUT2D eigenvalue weighted by Gasteiger charge is -2.18. The molecule has 1 aromatic rings. The van der Waals surface area contributed by atoms with Gasteiger partial charge in [0.25, 0.3) is 0 Å². The van der Waals surface area contributed by atoms with Crippen molar-refractivity contribution in [2.45, 2.75) is 19.6 Å². The normalized spacial score (nSPS) is 11.9. The monoisotopic (exact) mass is 222 g/mol. The van der Waals surface area contributed by atoms with Crippen molar-refractivity contribution in [1.29, 1.82) is 0 Å². The van der Waals surface area contributed by atoms with E-state index < -0.39 is 31.3 Å². The smallest absolute Gasteiger partial charge is 0.194 e. The standard InChI is InChI=1S/C9H10F4Si/c1-14(2,3)9-6(11)4-5(10)7(12)8(9)13/h4H,1-3H3. The third-order valence-corrected chi connectivity index (χ3v) is 3.82. The first-order valence-electron chi connectivity index (χ1n) is 4.08. The highest BCUT2D eigenvalue weighted by atomic mass is 28.3. The Bertz CT molecular complexity index is 368. The average molecular weight is 222 g/mol. The van der Waals surface area contributed by atoms with Crippen LogP contribution in [0, 0.1) is 23.3 Å². The minimum atomic E-state index is -2.33. The van der Waals surface area contributed by atoms with Gasteiger partial charge in [-0.1, -0.05) is 19.6 Å². The number of hydrogen-bond donors (Lipinski definition) is 0. The van der Waals surface area contributed by atoms with Crippen LogP contribution >= 0.6 is 0 Å². The third-order valence-electron chi connectivity index (χ3n) is 1.86. The van der Waals surface area contributed by atoms with Crippen LogP contribution in [0.2, 0.25) is 19.6 Å². The van der Waals surface area contributed by atoms with Crippen LogP contribution in [0.3, 0.4) is 0 Å². The SMILES string of the molecule is C[Si](C)(C)c1c(F)cc(F)c(F)c1F. The molecule has 0 unspecified atom stereocenters. The Labute approximate surface area is 80.6 Å². The minimum Gasteiger partial charge on any atom is -0.207 e. The van der Waals surface area contributed by atoms with E-state index in [9.17, 15) is 17.6 Å². The number of halogens is 4. The lowest BCUT2D eigenvalue weighted by atomic mass is 10.3. The highest BCUT2D eigenvalue weighted by molar-refractivity contribution is 6.88. The van der Waals surface area contributed by atoms with Gasteiger partial charge in [0.2, 0.25) is 0 Å². The Kier molecular flexibility index (Phi) is 2.71. The maximum Gasteiger partial charge on any atom is 0.194 e. The minimum absolute atomic E-state index is 0.295. The molecule has 0 aliphatic carbocycles. The fourth-order valence-corrected chi connectivity index (χ4v) is 2.81. The summed E-state index contributed by atoms with van der Waals surface area (Å²) in [5.74, 6) is -5.46. The van der Waals surface area contributed by atoms with E-state index in [1.54, 1.807) is 19.6 Å². The predicted octanol–water partition coefficient (Wildman–Crippen LogP) is 2.79. The van der Waals surface area contributed by atoms with Gasteiger partial charge in [-0.05, 0) is 0 Å². The summed E-state index contributed by atoms with van der Waals surface area (Å²) in [5.41, 5.74) is 0. The molecule has 5 heteroatoms. The van der Waals surface area contributed by atoms with Gasteiger partial charge >= 0.3 is 0 Å². The Balaban J connectivity index is 3.53. The molecule has 0 radical (unpaired) electrons. The van der Waals surface area contributed by atoms with Gasteiger partial charge < -0.3 is 0 Å². The summed E-state index contributed by atoms with van der Waals surface area (Å²) in [6, 6.07) is 0.395. The molecule has 78 valence electrons. The molecule has 0 saturated heterocycles. The predicted molar refractivity (Wildman–Crippen MR) is 49.3 cm³/mol. The van der Waals surface area contributed by atoms with Crippen molar-refractivity contribution >= 4 is 13.3 Å². The Morgan fingerprint density at radius 1 is 0.857 bits per heavy atom. The number of hydrogen-bond acceptors (Lipinski definition) is 0. The molecule has 0 aliphatic heterocycles. The Morgan fingerprint density at radius 2 is 1.36 bits per heavy atom. The Morgan fingerprint density at radius 3 is 1.79 bits per heavy atom. The van der Waals surface area contributed by atoms with Crippen LogP contribution in [0.1, 0.15) is 0 Å². The van der Waals surface area contributed by atoms with Crippen LogP contribution in [-0.2, 0) is 0 Å². The zero-order valence-corrected chi connectivity index (χ0v) is 9.09. The lowest BCUT2D eigenvalue weighted by Crippen LogP contribution is -2.43. The topological polar surface area (TPSA) is 0 Å². The second-order valence-corrected chi connectivity index (χ2v) is 9.09. The maximum absolute atomic E-state index is 13.2. The highest BCUT2D eigenvalue weighted by Gasteiger charge is 2.29. The van der Waals surface area contributed by atoms with Gasteiger partial charge in [-0.25, -0.2) is 17.6 Å². The van der Waals surface area contributed by atoms with Gasteiger partial charge in [-0.15, -0.1) is 0 Å². The zero-order valence-electron chi connectivity index (χ0n) is 8.09. The van der Waals surface area contributed by atoms with E-state index in [1.807, 2.05) is 0 Å². The van der Waals surface area contributed by atoms with Gasteiger partial charge in [0.1, 0.15) is 5.82 Å². The van der Waals surface area contributed by atoms with Gasteiger partial charge in [0, 0.05) is 11.3 Å². The first kappa shape index (κ1) is 11.2. The molecule has 0 fully saturated rings. The summed E-state index contributed by atoms with van der Waals surface area (Å²) in [6.07, 6.45) is 0. The maximum atomic E-state index is 13.2. The molecule has 1 rings (SSSR count). The van der Waals surface area contributed by atoms with E-state index in [4.69, 9.17) is 0 Å². The van der Waals surface area contributed by atoms with Crippen LogP contribution in [0.25, 0.3) is 0 Å². The lowest BCUT2D eigenvalue weighted by molar-refractivity contribution is 0.439. The quantitative estimate of drug-likeness (QED) is 0.297. The van der Waals surface area contributed by atoms with Crippen LogP contribution in [0.5, 0.6) is 0 Å². The van der Waals surface area contributed by atoms with E-state index in [2.05, 4.69) is 0 Å². The third kappa shape index (κ3) is 1.82. The van der Waals surface area contributed by atoms with Crippen molar-refractivity contribution in [2.24, 2.45) is 0 Å². The molecular formula is C9H10F4Si. The zero-order chi connectivity index (χ0) is 11.1. The number of benzene rings is 1. The van der Waals surface area contributed by atoms with Crippen LogP contribution in [0.15, 0.2) is 6.07 Å². The van der Waals surface area contributed by atoms with Gasteiger partial charge in [-0.2, -0.15) is 0 Å². The van der Waals surface area contributed by atoms with E-state index in [0.717, 1.165) is 0 Å². The summed E-state index contributed by atoms with van der Waals surface area (Å²) < 4.78 is 51.8. The van der Waals surface area contributed by atoms with Crippen LogP contribution in [0.4, 0.5) is 17.6 Å². The summed E-state index contributed by atoms with van der Waals surface area (Å²) in [7, 11) is -2.33. The van der Waals surface area contributed by atoms with E-state index >= 15 is 0 Å². The summed E-state index contributed by atoms with van der Waals surface area (Å²) in [4.78, 5) is 0. The fraction of sp³-hybridized carbons (Fsp3) is 0.333. The first-order chi connectivity index (χ1) is 6.25. The molecule has 0 saturated carbocycles. The summed E-state index contributed by atoms with van der Waals surface area (Å²) in [5, 5.41) is -0.295. The van der Waals surface area contributed by atoms with Crippen molar-refractivity contribution in [3.05, 3.63) is 29.3 Å². The number of rotatable bonds is 1. The van der Waals surface area contributed by atoms with Crippen molar-refractivity contribution in [3.8, 4) is 0 Å². The van der Waals surface area contributed by atoms with Crippen molar-refractivity contribution in [2.75, 3.05) is 0 Å².